The second-order valence-electron chi connectivity index (χ2n) is 5.16. The van der Waals surface area contributed by atoms with Crippen LogP contribution in [0.15, 0.2) is 54.6 Å². The average molecular weight is 284 g/mol. The van der Waals surface area contributed by atoms with Crippen molar-refractivity contribution >= 4 is 0 Å². The van der Waals surface area contributed by atoms with Crippen LogP contribution in [0, 0.1) is 0 Å². The molecule has 0 aliphatic rings. The minimum absolute atomic E-state index is 0.186. The highest BCUT2D eigenvalue weighted by atomic mass is 16.5. The fraction of sp³-hybridized carbons (Fsp3) is 0.333. The Morgan fingerprint density at radius 3 is 2.52 bits per heavy atom. The minimum atomic E-state index is 0.186. The number of rotatable bonds is 7. The molecule has 2 aromatic rings. The second kappa shape index (κ2) is 7.81. The van der Waals surface area contributed by atoms with Crippen molar-refractivity contribution < 1.29 is 4.74 Å². The van der Waals surface area contributed by atoms with Crippen LogP contribution in [0.4, 0.5) is 0 Å². The Hall–Kier alpha value is -1.84. The molecule has 3 nitrogen and oxygen atoms in total. The van der Waals surface area contributed by atoms with E-state index in [0.717, 1.165) is 12.3 Å². The third kappa shape index (κ3) is 4.31. The van der Waals surface area contributed by atoms with Crippen LogP contribution in [-0.4, -0.2) is 25.1 Å². The Bertz CT molecular complexity index is 542. The summed E-state index contributed by atoms with van der Waals surface area (Å²) in [6.07, 6.45) is 0. The van der Waals surface area contributed by atoms with Crippen molar-refractivity contribution in [3.05, 3.63) is 65.7 Å². The molecular weight excluding hydrogens is 260 g/mol. The first-order valence-corrected chi connectivity index (χ1v) is 7.41. The van der Waals surface area contributed by atoms with Gasteiger partial charge < -0.3 is 10.5 Å². The quantitative estimate of drug-likeness (QED) is 0.848. The van der Waals surface area contributed by atoms with Crippen molar-refractivity contribution in [2.45, 2.75) is 19.5 Å². The number of likely N-dealkylation sites (N-methyl/N-ethyl adjacent to an activating group) is 1. The van der Waals surface area contributed by atoms with Gasteiger partial charge in [0, 0.05) is 19.1 Å². The summed E-state index contributed by atoms with van der Waals surface area (Å²) < 4.78 is 5.58. The molecule has 0 aliphatic carbocycles. The van der Waals surface area contributed by atoms with Crippen LogP contribution in [0.3, 0.4) is 0 Å². The van der Waals surface area contributed by atoms with Crippen LogP contribution in [0.25, 0.3) is 0 Å². The summed E-state index contributed by atoms with van der Waals surface area (Å²) in [7, 11) is 2.11. The summed E-state index contributed by atoms with van der Waals surface area (Å²) >= 11 is 0. The lowest BCUT2D eigenvalue weighted by Crippen LogP contribution is -2.30. The van der Waals surface area contributed by atoms with Gasteiger partial charge in [-0.05, 0) is 37.2 Å². The van der Waals surface area contributed by atoms with Crippen molar-refractivity contribution in [3.8, 4) is 5.75 Å². The highest BCUT2D eigenvalue weighted by Crippen LogP contribution is 2.24. The van der Waals surface area contributed by atoms with Gasteiger partial charge in [0.1, 0.15) is 5.75 Å². The number of nitrogens with zero attached hydrogens (tertiary/aromatic N) is 1. The Balaban J connectivity index is 2.12. The first kappa shape index (κ1) is 15.5. The first-order chi connectivity index (χ1) is 10.2. The van der Waals surface area contributed by atoms with E-state index in [1.54, 1.807) is 0 Å². The number of nitrogens with two attached hydrogens (primary N) is 1. The predicted octanol–water partition coefficient (Wildman–Crippen LogP) is 3.22. The molecule has 1 atom stereocenters. The van der Waals surface area contributed by atoms with Gasteiger partial charge in [0.05, 0.1) is 6.61 Å². The molecule has 0 aliphatic heterocycles. The molecule has 0 saturated heterocycles. The predicted molar refractivity (Wildman–Crippen MR) is 87.3 cm³/mol. The summed E-state index contributed by atoms with van der Waals surface area (Å²) in [5.74, 6) is 0.904. The van der Waals surface area contributed by atoms with Crippen LogP contribution >= 0.6 is 0 Å². The van der Waals surface area contributed by atoms with Gasteiger partial charge in [-0.3, -0.25) is 4.90 Å². The molecule has 0 saturated carbocycles. The lowest BCUT2D eigenvalue weighted by molar-refractivity contribution is 0.241. The van der Waals surface area contributed by atoms with Crippen LogP contribution in [0.5, 0.6) is 5.75 Å². The molecule has 2 rings (SSSR count). The maximum Gasteiger partial charge on any atom is 0.119 e. The van der Waals surface area contributed by atoms with Gasteiger partial charge in [-0.1, -0.05) is 42.5 Å². The molecule has 0 heterocycles. The number of benzene rings is 2. The molecule has 112 valence electrons. The molecule has 0 spiro atoms. The van der Waals surface area contributed by atoms with E-state index < -0.39 is 0 Å². The lowest BCUT2D eigenvalue weighted by Gasteiger charge is -2.27. The third-order valence-corrected chi connectivity index (χ3v) is 3.58. The molecule has 2 N–H and O–H groups in total. The van der Waals surface area contributed by atoms with Gasteiger partial charge in [0.15, 0.2) is 0 Å². The summed E-state index contributed by atoms with van der Waals surface area (Å²) in [5.41, 5.74) is 8.49. The standard InChI is InChI=1S/C18H24N2O/c1-3-21-17-11-7-10-16(12-17)18(13-19)20(2)14-15-8-5-4-6-9-15/h4-12,18H,3,13-14,19H2,1-2H3. The fourth-order valence-electron chi connectivity index (χ4n) is 2.53. The number of ether oxygens (including phenoxy) is 1. The van der Waals surface area contributed by atoms with E-state index in [-0.39, 0.29) is 6.04 Å². The summed E-state index contributed by atoms with van der Waals surface area (Å²) in [4.78, 5) is 2.28. The van der Waals surface area contributed by atoms with E-state index in [2.05, 4.69) is 48.3 Å². The largest absolute Gasteiger partial charge is 0.494 e. The van der Waals surface area contributed by atoms with E-state index in [0.29, 0.717) is 13.2 Å². The highest BCUT2D eigenvalue weighted by molar-refractivity contribution is 5.31. The Morgan fingerprint density at radius 1 is 1.10 bits per heavy atom. The monoisotopic (exact) mass is 284 g/mol. The van der Waals surface area contributed by atoms with Crippen LogP contribution < -0.4 is 10.5 Å². The topological polar surface area (TPSA) is 38.5 Å². The van der Waals surface area contributed by atoms with Crippen molar-refractivity contribution in [2.24, 2.45) is 5.73 Å². The van der Waals surface area contributed by atoms with Crippen molar-refractivity contribution in [2.75, 3.05) is 20.2 Å². The lowest BCUT2D eigenvalue weighted by atomic mass is 10.0. The highest BCUT2D eigenvalue weighted by Gasteiger charge is 2.16. The number of hydrogen-bond donors (Lipinski definition) is 1. The van der Waals surface area contributed by atoms with Gasteiger partial charge in [0.25, 0.3) is 0 Å². The molecule has 1 unspecified atom stereocenters. The fourth-order valence-corrected chi connectivity index (χ4v) is 2.53. The average Bonchev–Trinajstić information content (AvgIpc) is 2.50. The maximum atomic E-state index is 6.00. The summed E-state index contributed by atoms with van der Waals surface area (Å²) in [6.45, 7) is 4.13. The summed E-state index contributed by atoms with van der Waals surface area (Å²) in [6, 6.07) is 18.8. The third-order valence-electron chi connectivity index (χ3n) is 3.58. The smallest absolute Gasteiger partial charge is 0.119 e. The maximum absolute atomic E-state index is 6.00. The SMILES string of the molecule is CCOc1cccc(C(CN)N(C)Cc2ccccc2)c1. The molecule has 0 amide bonds. The molecular formula is C18H24N2O. The van der Waals surface area contributed by atoms with E-state index in [1.165, 1.54) is 11.1 Å². The van der Waals surface area contributed by atoms with Crippen molar-refractivity contribution in [1.29, 1.82) is 0 Å². The van der Waals surface area contributed by atoms with E-state index >= 15 is 0 Å². The van der Waals surface area contributed by atoms with Gasteiger partial charge in [-0.2, -0.15) is 0 Å². The Kier molecular flexibility index (Phi) is 5.78. The minimum Gasteiger partial charge on any atom is -0.494 e. The molecule has 0 bridgehead atoms. The molecule has 0 radical (unpaired) electrons. The van der Waals surface area contributed by atoms with E-state index in [1.807, 2.05) is 25.1 Å². The zero-order valence-electron chi connectivity index (χ0n) is 12.8. The zero-order valence-corrected chi connectivity index (χ0v) is 12.8. The van der Waals surface area contributed by atoms with Crippen LogP contribution in [-0.2, 0) is 6.54 Å². The van der Waals surface area contributed by atoms with Gasteiger partial charge in [0.2, 0.25) is 0 Å². The molecule has 0 aromatic heterocycles. The molecule has 2 aromatic carbocycles. The van der Waals surface area contributed by atoms with Gasteiger partial charge in [-0.25, -0.2) is 0 Å². The van der Waals surface area contributed by atoms with Crippen molar-refractivity contribution in [3.63, 3.8) is 0 Å². The number of hydrogen-bond acceptors (Lipinski definition) is 3. The second-order valence-corrected chi connectivity index (χ2v) is 5.16. The van der Waals surface area contributed by atoms with Crippen molar-refractivity contribution in [1.82, 2.24) is 4.90 Å². The first-order valence-electron chi connectivity index (χ1n) is 7.41. The van der Waals surface area contributed by atoms with Crippen LogP contribution in [0.2, 0.25) is 0 Å². The van der Waals surface area contributed by atoms with Gasteiger partial charge >= 0.3 is 0 Å². The zero-order chi connectivity index (χ0) is 15.1. The van der Waals surface area contributed by atoms with Gasteiger partial charge in [-0.15, -0.1) is 0 Å². The Morgan fingerprint density at radius 2 is 1.86 bits per heavy atom. The van der Waals surface area contributed by atoms with E-state index in [4.69, 9.17) is 10.5 Å². The Labute approximate surface area is 127 Å². The van der Waals surface area contributed by atoms with Crippen LogP contribution in [0.1, 0.15) is 24.1 Å². The summed E-state index contributed by atoms with van der Waals surface area (Å²) in [5, 5.41) is 0. The van der Waals surface area contributed by atoms with E-state index in [9.17, 15) is 0 Å². The molecule has 3 heteroatoms. The molecule has 0 fully saturated rings. The molecule has 21 heavy (non-hydrogen) atoms. The normalized spacial score (nSPS) is 12.4.